The lowest BCUT2D eigenvalue weighted by Gasteiger charge is -2.13. The smallest absolute Gasteiger partial charge is 0.336 e. The zero-order chi connectivity index (χ0) is 17.1. The summed E-state index contributed by atoms with van der Waals surface area (Å²) in [5, 5.41) is 0.812. The van der Waals surface area contributed by atoms with Crippen molar-refractivity contribution in [2.75, 3.05) is 0 Å². The molecule has 0 saturated heterocycles. The van der Waals surface area contributed by atoms with Gasteiger partial charge in [-0.3, -0.25) is 4.79 Å². The fourth-order valence-electron chi connectivity index (χ4n) is 3.34. The fraction of sp³-hybridized carbons (Fsp3) is 0.444. The van der Waals surface area contributed by atoms with Gasteiger partial charge in [-0.1, -0.05) is 0 Å². The molecule has 1 aromatic carbocycles. The van der Waals surface area contributed by atoms with Crippen LogP contribution in [0.5, 0.6) is 0 Å². The number of carbonyl (C=O) groups excluding carboxylic acids is 1. The maximum absolute atomic E-state index is 12.2. The normalized spacial score (nSPS) is 24.0. The van der Waals surface area contributed by atoms with Crippen LogP contribution in [0.15, 0.2) is 27.4 Å². The van der Waals surface area contributed by atoms with E-state index < -0.39 is 21.3 Å². The molecule has 0 unspecified atom stereocenters. The van der Waals surface area contributed by atoms with Crippen LogP contribution in [0.25, 0.3) is 11.0 Å². The Balaban J connectivity index is 1.64. The second-order valence-electron chi connectivity index (χ2n) is 6.85. The van der Waals surface area contributed by atoms with Crippen molar-refractivity contribution >= 4 is 40.1 Å². The second-order valence-corrected chi connectivity index (χ2v) is 8.33. The lowest BCUT2D eigenvalue weighted by molar-refractivity contribution is -0.150. The van der Waals surface area contributed by atoms with Gasteiger partial charge in [-0.15, -0.1) is 23.2 Å². The third-order valence-electron chi connectivity index (χ3n) is 5.11. The Bertz CT molecular complexity index is 915. The molecule has 4 nitrogen and oxygen atoms in total. The molecule has 0 N–H and O–H groups in total. The van der Waals surface area contributed by atoms with Crippen LogP contribution in [0.4, 0.5) is 0 Å². The minimum Gasteiger partial charge on any atom is -0.460 e. The number of aryl methyl sites for hydroxylation is 2. The van der Waals surface area contributed by atoms with E-state index in [0.717, 1.165) is 24.6 Å². The molecular weight excluding hydrogens is 351 g/mol. The van der Waals surface area contributed by atoms with Gasteiger partial charge in [-0.05, 0) is 49.4 Å². The highest BCUT2D eigenvalue weighted by Crippen LogP contribution is 2.64. The van der Waals surface area contributed by atoms with Crippen molar-refractivity contribution < 1.29 is 13.9 Å². The summed E-state index contributed by atoms with van der Waals surface area (Å²) in [6.45, 7) is 1.68. The standard InChI is InChI=1S/C18H16Cl2O4/c1-17(9-18(17,19)20)16(22)23-8-12-7-15(21)24-14-6-11-4-2-3-10(11)5-13(12)14/h5-7H,2-4,8-9H2,1H3/t17-/m0/s1. The van der Waals surface area contributed by atoms with Crippen molar-refractivity contribution in [1.29, 1.82) is 0 Å². The minimum atomic E-state index is -1.07. The molecule has 0 aliphatic heterocycles. The topological polar surface area (TPSA) is 56.5 Å². The summed E-state index contributed by atoms with van der Waals surface area (Å²) in [5.41, 5.74) is 2.33. The number of hydrogen-bond acceptors (Lipinski definition) is 4. The van der Waals surface area contributed by atoms with Gasteiger partial charge in [0.2, 0.25) is 0 Å². The van der Waals surface area contributed by atoms with E-state index in [1.807, 2.05) is 12.1 Å². The van der Waals surface area contributed by atoms with Crippen LogP contribution in [0, 0.1) is 5.41 Å². The number of halogens is 2. The predicted molar refractivity (Wildman–Crippen MR) is 91.5 cm³/mol. The van der Waals surface area contributed by atoms with Gasteiger partial charge in [0.25, 0.3) is 0 Å². The van der Waals surface area contributed by atoms with E-state index in [2.05, 4.69) is 0 Å². The van der Waals surface area contributed by atoms with E-state index >= 15 is 0 Å². The molecular formula is C18H16Cl2O4. The molecule has 0 radical (unpaired) electrons. The third-order valence-corrected chi connectivity index (χ3v) is 6.21. The first-order valence-electron chi connectivity index (χ1n) is 7.94. The molecule has 1 atom stereocenters. The Morgan fingerprint density at radius 3 is 2.58 bits per heavy atom. The fourth-order valence-corrected chi connectivity index (χ4v) is 4.03. The van der Waals surface area contributed by atoms with E-state index in [9.17, 15) is 9.59 Å². The lowest BCUT2D eigenvalue weighted by Crippen LogP contribution is -2.21. The molecule has 1 aromatic heterocycles. The first-order valence-corrected chi connectivity index (χ1v) is 8.69. The molecule has 0 amide bonds. The van der Waals surface area contributed by atoms with Crippen molar-refractivity contribution in [2.24, 2.45) is 5.41 Å². The van der Waals surface area contributed by atoms with Crippen molar-refractivity contribution in [3.05, 3.63) is 45.3 Å². The van der Waals surface area contributed by atoms with Crippen LogP contribution >= 0.6 is 23.2 Å². The average Bonchev–Trinajstić information content (AvgIpc) is 2.85. The largest absolute Gasteiger partial charge is 0.460 e. The van der Waals surface area contributed by atoms with E-state index in [-0.39, 0.29) is 6.61 Å². The number of rotatable bonds is 3. The number of hydrogen-bond donors (Lipinski definition) is 0. The first-order chi connectivity index (χ1) is 11.3. The molecule has 1 saturated carbocycles. The maximum atomic E-state index is 12.2. The Kier molecular flexibility index (Phi) is 3.49. The van der Waals surface area contributed by atoms with Crippen LogP contribution in [-0.2, 0) is 29.0 Å². The van der Waals surface area contributed by atoms with Gasteiger partial charge in [-0.2, -0.15) is 0 Å². The van der Waals surface area contributed by atoms with Crippen LogP contribution in [-0.4, -0.2) is 10.3 Å². The summed E-state index contributed by atoms with van der Waals surface area (Å²) in [6, 6.07) is 5.34. The molecule has 4 rings (SSSR count). The minimum absolute atomic E-state index is 0.000826. The summed E-state index contributed by atoms with van der Waals surface area (Å²) in [7, 11) is 0. The summed E-state index contributed by atoms with van der Waals surface area (Å²) in [5.74, 6) is -0.449. The number of fused-ring (bicyclic) bond motifs is 2. The zero-order valence-electron chi connectivity index (χ0n) is 13.2. The Morgan fingerprint density at radius 1 is 1.25 bits per heavy atom. The maximum Gasteiger partial charge on any atom is 0.336 e. The Hall–Kier alpha value is -1.52. The Labute approximate surface area is 148 Å². The summed E-state index contributed by atoms with van der Waals surface area (Å²) in [6.07, 6.45) is 3.49. The summed E-state index contributed by atoms with van der Waals surface area (Å²) >= 11 is 12.0. The number of benzene rings is 1. The molecule has 0 spiro atoms. The van der Waals surface area contributed by atoms with E-state index in [1.165, 1.54) is 17.2 Å². The van der Waals surface area contributed by atoms with Crippen LogP contribution in [0.1, 0.15) is 36.5 Å². The molecule has 2 aliphatic rings. The van der Waals surface area contributed by atoms with Gasteiger partial charge >= 0.3 is 11.6 Å². The van der Waals surface area contributed by atoms with Crippen molar-refractivity contribution in [2.45, 2.75) is 43.5 Å². The van der Waals surface area contributed by atoms with Gasteiger partial charge in [0, 0.05) is 23.4 Å². The molecule has 24 heavy (non-hydrogen) atoms. The summed E-state index contributed by atoms with van der Waals surface area (Å²) < 4.78 is 9.63. The summed E-state index contributed by atoms with van der Waals surface area (Å²) in [4.78, 5) is 24.0. The SMILES string of the molecule is C[C@@]1(C(=O)OCc2cc(=O)oc3cc4c(cc23)CCC4)CC1(Cl)Cl. The van der Waals surface area contributed by atoms with Gasteiger partial charge in [0.1, 0.15) is 21.9 Å². The predicted octanol–water partition coefficient (Wildman–Crippen LogP) is 3.91. The number of alkyl halides is 2. The first kappa shape index (κ1) is 16.0. The van der Waals surface area contributed by atoms with E-state index in [4.69, 9.17) is 32.4 Å². The van der Waals surface area contributed by atoms with Crippen molar-refractivity contribution in [3.8, 4) is 0 Å². The molecule has 1 fully saturated rings. The highest BCUT2D eigenvalue weighted by Gasteiger charge is 2.69. The Morgan fingerprint density at radius 2 is 1.92 bits per heavy atom. The molecule has 126 valence electrons. The van der Waals surface area contributed by atoms with Crippen molar-refractivity contribution in [3.63, 3.8) is 0 Å². The van der Waals surface area contributed by atoms with Crippen LogP contribution < -0.4 is 5.63 Å². The number of esters is 1. The zero-order valence-corrected chi connectivity index (χ0v) is 14.7. The highest BCUT2D eigenvalue weighted by molar-refractivity contribution is 6.53. The van der Waals surface area contributed by atoms with Crippen LogP contribution in [0.3, 0.4) is 0 Å². The molecule has 2 aliphatic carbocycles. The number of carbonyl (C=O) groups is 1. The van der Waals surface area contributed by atoms with Gasteiger partial charge in [0.15, 0.2) is 0 Å². The quantitative estimate of drug-likeness (QED) is 0.469. The average molecular weight is 367 g/mol. The molecule has 6 heteroatoms. The van der Waals surface area contributed by atoms with Crippen LogP contribution in [0.2, 0.25) is 0 Å². The molecule has 0 bridgehead atoms. The van der Waals surface area contributed by atoms with Gasteiger partial charge in [-0.25, -0.2) is 4.79 Å². The highest BCUT2D eigenvalue weighted by atomic mass is 35.5. The third kappa shape index (κ3) is 2.44. The van der Waals surface area contributed by atoms with Gasteiger partial charge in [0.05, 0.1) is 0 Å². The van der Waals surface area contributed by atoms with Gasteiger partial charge < -0.3 is 9.15 Å². The number of ether oxygens (including phenoxy) is 1. The monoisotopic (exact) mass is 366 g/mol. The van der Waals surface area contributed by atoms with E-state index in [1.54, 1.807) is 6.92 Å². The molecule has 2 aromatic rings. The molecule has 1 heterocycles. The lowest BCUT2D eigenvalue weighted by atomic mass is 10.0. The van der Waals surface area contributed by atoms with Crippen molar-refractivity contribution in [1.82, 2.24) is 0 Å². The van der Waals surface area contributed by atoms with E-state index in [0.29, 0.717) is 17.6 Å². The second kappa shape index (κ2) is 5.24.